The van der Waals surface area contributed by atoms with Gasteiger partial charge in [0.2, 0.25) is 5.91 Å². The van der Waals surface area contributed by atoms with Crippen LogP contribution in [0.1, 0.15) is 30.4 Å². The molecule has 1 unspecified atom stereocenters. The molecule has 1 aliphatic carbocycles. The topological polar surface area (TPSA) is 95.9 Å². The smallest absolute Gasteiger partial charge is 0.407 e. The van der Waals surface area contributed by atoms with Crippen molar-refractivity contribution in [3.05, 3.63) is 59.7 Å². The van der Waals surface area contributed by atoms with Gasteiger partial charge in [-0.2, -0.15) is 0 Å². The van der Waals surface area contributed by atoms with Crippen LogP contribution in [0.25, 0.3) is 11.1 Å². The van der Waals surface area contributed by atoms with Gasteiger partial charge in [0.05, 0.1) is 6.54 Å². The largest absolute Gasteiger partial charge is 0.480 e. The molecular weight excluding hydrogens is 420 g/mol. The second-order valence-corrected chi connectivity index (χ2v) is 7.45. The Kier molecular flexibility index (Phi) is 7.73. The molecule has 0 radical (unpaired) electrons. The van der Waals surface area contributed by atoms with Crippen molar-refractivity contribution < 1.29 is 24.2 Å². The maximum atomic E-state index is 12.8. The van der Waals surface area contributed by atoms with E-state index in [4.69, 9.17) is 16.3 Å². The van der Waals surface area contributed by atoms with Crippen molar-refractivity contribution in [1.82, 2.24) is 10.2 Å². The fourth-order valence-corrected chi connectivity index (χ4v) is 3.89. The fraction of sp³-hybridized carbons (Fsp3) is 0.269. The highest BCUT2D eigenvalue weighted by molar-refractivity contribution is 5.88. The number of nitrogens with zero attached hydrogens (tertiary/aromatic N) is 1. The number of alkyl carbamates (subject to hydrolysis) is 1. The molecule has 0 fully saturated rings. The number of rotatable bonds is 8. The molecule has 0 heterocycles. The van der Waals surface area contributed by atoms with E-state index in [2.05, 4.69) is 23.1 Å². The van der Waals surface area contributed by atoms with E-state index in [0.29, 0.717) is 0 Å². The maximum absolute atomic E-state index is 12.8. The lowest BCUT2D eigenvalue weighted by Gasteiger charge is -2.24. The van der Waals surface area contributed by atoms with E-state index >= 15 is 0 Å². The first-order valence-corrected chi connectivity index (χ1v) is 10.4. The summed E-state index contributed by atoms with van der Waals surface area (Å²) in [5.41, 5.74) is 4.34. The number of hydrogen-bond acceptors (Lipinski definition) is 4. The van der Waals surface area contributed by atoms with Crippen LogP contribution in [0.3, 0.4) is 0 Å². The summed E-state index contributed by atoms with van der Waals surface area (Å²) in [6.07, 6.45) is 4.48. The van der Waals surface area contributed by atoms with Crippen LogP contribution >= 0.6 is 0 Å². The lowest BCUT2D eigenvalue weighted by Crippen LogP contribution is -2.50. The van der Waals surface area contributed by atoms with Crippen LogP contribution in [0.5, 0.6) is 0 Å². The van der Waals surface area contributed by atoms with E-state index in [9.17, 15) is 14.4 Å². The maximum Gasteiger partial charge on any atom is 0.407 e. The molecule has 0 bridgehead atoms. The summed E-state index contributed by atoms with van der Waals surface area (Å²) < 4.78 is 5.50. The molecule has 33 heavy (non-hydrogen) atoms. The molecule has 0 saturated carbocycles. The van der Waals surface area contributed by atoms with E-state index in [1.807, 2.05) is 48.5 Å². The summed E-state index contributed by atoms with van der Waals surface area (Å²) in [4.78, 5) is 37.5. The number of carboxylic acids is 1. The summed E-state index contributed by atoms with van der Waals surface area (Å²) in [5, 5.41) is 11.6. The van der Waals surface area contributed by atoms with Gasteiger partial charge in [-0.15, -0.1) is 18.3 Å². The number of ether oxygens (including phenoxy) is 1. The van der Waals surface area contributed by atoms with Crippen molar-refractivity contribution in [3.8, 4) is 35.3 Å². The van der Waals surface area contributed by atoms with Crippen molar-refractivity contribution in [2.24, 2.45) is 0 Å². The second kappa shape index (κ2) is 10.9. The monoisotopic (exact) mass is 444 g/mol. The first-order chi connectivity index (χ1) is 16.0. The molecule has 0 spiro atoms. The van der Waals surface area contributed by atoms with Gasteiger partial charge >= 0.3 is 12.1 Å². The molecule has 0 aromatic heterocycles. The minimum Gasteiger partial charge on any atom is -0.480 e. The first kappa shape index (κ1) is 23.4. The van der Waals surface area contributed by atoms with Gasteiger partial charge < -0.3 is 20.1 Å². The minimum absolute atomic E-state index is 0.000217. The fourth-order valence-electron chi connectivity index (χ4n) is 3.89. The first-order valence-electron chi connectivity index (χ1n) is 10.4. The van der Waals surface area contributed by atoms with Gasteiger partial charge in [-0.1, -0.05) is 54.5 Å². The minimum atomic E-state index is -1.21. The Morgan fingerprint density at radius 3 is 2.27 bits per heavy atom. The zero-order valence-corrected chi connectivity index (χ0v) is 18.2. The number of amides is 2. The predicted molar refractivity (Wildman–Crippen MR) is 123 cm³/mol. The van der Waals surface area contributed by atoms with Crippen LogP contribution in [-0.4, -0.2) is 53.7 Å². The molecule has 1 atom stereocenters. The number of nitrogens with one attached hydrogen (secondary N) is 1. The summed E-state index contributed by atoms with van der Waals surface area (Å²) in [6, 6.07) is 14.8. The Balaban J connectivity index is 1.71. The van der Waals surface area contributed by atoms with Crippen LogP contribution in [0.4, 0.5) is 4.79 Å². The third-order valence-corrected chi connectivity index (χ3v) is 5.34. The number of carboxylic acid groups (broad SMARTS) is 1. The van der Waals surface area contributed by atoms with Crippen LogP contribution in [-0.2, 0) is 14.3 Å². The number of aliphatic carboxylic acids is 1. The third-order valence-electron chi connectivity index (χ3n) is 5.34. The van der Waals surface area contributed by atoms with Crippen molar-refractivity contribution in [2.75, 3.05) is 19.7 Å². The number of benzene rings is 2. The van der Waals surface area contributed by atoms with E-state index in [1.54, 1.807) is 6.92 Å². The Bertz CT molecular complexity index is 1110. The molecule has 1 aliphatic rings. The van der Waals surface area contributed by atoms with Crippen molar-refractivity contribution in [2.45, 2.75) is 25.3 Å². The van der Waals surface area contributed by atoms with E-state index in [0.717, 1.165) is 27.2 Å². The average molecular weight is 444 g/mol. The SMILES string of the molecule is C#CCN(CC(=O)O)C(=O)C(CC#CC)NC(=O)OCC1c2ccccc2-c2ccccc21. The van der Waals surface area contributed by atoms with Gasteiger partial charge in [-0.25, -0.2) is 4.79 Å². The zero-order chi connectivity index (χ0) is 23.8. The molecule has 2 aromatic carbocycles. The molecule has 0 aliphatic heterocycles. The van der Waals surface area contributed by atoms with Crippen molar-refractivity contribution >= 4 is 18.0 Å². The summed E-state index contributed by atoms with van der Waals surface area (Å²) >= 11 is 0. The number of carbonyl (C=O) groups excluding carboxylic acids is 2. The Hall–Kier alpha value is -4.23. The quantitative estimate of drug-likeness (QED) is 0.611. The van der Waals surface area contributed by atoms with Crippen molar-refractivity contribution in [1.29, 1.82) is 0 Å². The average Bonchev–Trinajstić information content (AvgIpc) is 3.13. The molecule has 0 saturated heterocycles. The van der Waals surface area contributed by atoms with Crippen molar-refractivity contribution in [3.63, 3.8) is 0 Å². The Morgan fingerprint density at radius 1 is 1.12 bits per heavy atom. The number of terminal acetylenes is 1. The molecule has 2 amide bonds. The molecule has 2 N–H and O–H groups in total. The standard InChI is InChI=1S/C26H24N2O5/c1-3-5-14-23(25(31)28(15-4-2)16-24(29)30)27-26(32)33-17-22-20-12-8-6-10-18(20)19-11-7-9-13-21(19)22/h2,6-13,22-23H,14-17H2,1H3,(H,27,32)(H,29,30). The molecule has 3 rings (SSSR count). The molecule has 2 aromatic rings. The summed E-state index contributed by atoms with van der Waals surface area (Å²) in [5.74, 6) is 5.70. The van der Waals surface area contributed by atoms with Gasteiger partial charge in [-0.3, -0.25) is 9.59 Å². The van der Waals surface area contributed by atoms with Gasteiger partial charge in [-0.05, 0) is 29.2 Å². The second-order valence-electron chi connectivity index (χ2n) is 7.45. The summed E-state index contributed by atoms with van der Waals surface area (Å²) in [6.45, 7) is 0.910. The van der Waals surface area contributed by atoms with Crippen LogP contribution in [0, 0.1) is 24.2 Å². The van der Waals surface area contributed by atoms with Gasteiger partial charge in [0.1, 0.15) is 19.2 Å². The van der Waals surface area contributed by atoms with Gasteiger partial charge in [0.15, 0.2) is 0 Å². The number of fused-ring (bicyclic) bond motifs is 3. The van der Waals surface area contributed by atoms with Crippen LogP contribution in [0.15, 0.2) is 48.5 Å². The van der Waals surface area contributed by atoms with Crippen LogP contribution in [0.2, 0.25) is 0 Å². The predicted octanol–water partition coefficient (Wildman–Crippen LogP) is 2.85. The highest BCUT2D eigenvalue weighted by Crippen LogP contribution is 2.44. The van der Waals surface area contributed by atoms with E-state index in [1.165, 1.54) is 0 Å². The highest BCUT2D eigenvalue weighted by atomic mass is 16.5. The number of hydrogen-bond donors (Lipinski definition) is 2. The zero-order valence-electron chi connectivity index (χ0n) is 18.2. The Morgan fingerprint density at radius 2 is 1.73 bits per heavy atom. The Labute approximate surface area is 192 Å². The van der Waals surface area contributed by atoms with Crippen LogP contribution < -0.4 is 5.32 Å². The lowest BCUT2D eigenvalue weighted by molar-refractivity contribution is -0.144. The summed E-state index contributed by atoms with van der Waals surface area (Å²) in [7, 11) is 0. The number of carbonyl (C=O) groups is 3. The normalized spacial score (nSPS) is 12.2. The van der Waals surface area contributed by atoms with E-state index < -0.39 is 30.6 Å². The lowest BCUT2D eigenvalue weighted by atomic mass is 9.98. The molecule has 7 heteroatoms. The van der Waals surface area contributed by atoms with Gasteiger partial charge in [0, 0.05) is 12.3 Å². The highest BCUT2D eigenvalue weighted by Gasteiger charge is 2.30. The third kappa shape index (κ3) is 5.53. The van der Waals surface area contributed by atoms with E-state index in [-0.39, 0.29) is 25.5 Å². The molecule has 7 nitrogen and oxygen atoms in total. The molecular formula is C26H24N2O5. The molecule has 168 valence electrons. The van der Waals surface area contributed by atoms with Gasteiger partial charge in [0.25, 0.3) is 0 Å².